The number of allylic oxidation sites excluding steroid dienone is 1. The number of aliphatic hydroxyl groups is 2. The van der Waals surface area contributed by atoms with Crippen LogP contribution in [0.25, 0.3) is 0 Å². The van der Waals surface area contributed by atoms with Gasteiger partial charge in [-0.3, -0.25) is 14.9 Å². The second-order valence-electron chi connectivity index (χ2n) is 27.6. The monoisotopic (exact) mass is 1020 g/mol. The maximum absolute atomic E-state index is 16.5. The molecule has 6 aliphatic heterocycles. The second kappa shape index (κ2) is 16.5. The van der Waals surface area contributed by atoms with E-state index < -0.39 is 81.2 Å². The van der Waals surface area contributed by atoms with Gasteiger partial charge in [-0.15, -0.1) is 0 Å². The number of fused-ring (bicyclic) bond motifs is 6. The highest BCUT2D eigenvalue weighted by Gasteiger charge is 2.96. The van der Waals surface area contributed by atoms with Crippen LogP contribution in [0.15, 0.2) is 53.3 Å². The molecule has 22 atom stereocenters. The third-order valence-electron chi connectivity index (χ3n) is 24.3. The minimum atomic E-state index is -1.51. The summed E-state index contributed by atoms with van der Waals surface area (Å²) in [6, 6.07) is 11.2. The molecule has 7 aliphatic carbocycles. The zero-order valence-corrected chi connectivity index (χ0v) is 44.5. The first-order valence-electron chi connectivity index (χ1n) is 29.6. The average molecular weight is 1020 g/mol. The minimum Gasteiger partial charge on any atom is -0.469 e. The summed E-state index contributed by atoms with van der Waals surface area (Å²) in [7, 11) is 0. The smallest absolute Gasteiger partial charge is 0.339 e. The molecule has 5 saturated carbocycles. The molecular weight excluding hydrogens is 945 g/mol. The fourth-order valence-electron chi connectivity index (χ4n) is 21.5. The summed E-state index contributed by atoms with van der Waals surface area (Å²) in [6.07, 6.45) is 14.7. The van der Waals surface area contributed by atoms with Crippen molar-refractivity contribution in [2.75, 3.05) is 19.8 Å². The lowest BCUT2D eigenvalue weighted by Gasteiger charge is -2.72. The van der Waals surface area contributed by atoms with Gasteiger partial charge in [-0.2, -0.15) is 0 Å². The maximum atomic E-state index is 16.5. The number of carbonyl (C=O) groups is 3. The normalized spacial score (nSPS) is 50.2. The highest BCUT2D eigenvalue weighted by atomic mass is 16.7. The van der Waals surface area contributed by atoms with Gasteiger partial charge in [0.25, 0.3) is 0 Å². The van der Waals surface area contributed by atoms with E-state index in [2.05, 4.69) is 85.4 Å². The van der Waals surface area contributed by atoms with Gasteiger partial charge >= 0.3 is 11.9 Å². The number of esters is 2. The fraction of sp³-hybridized carbons (Fsp3) is 0.730. The molecule has 3 N–H and O–H groups in total. The van der Waals surface area contributed by atoms with Gasteiger partial charge in [-0.05, 0) is 167 Å². The molecule has 15 rings (SSSR count). The largest absolute Gasteiger partial charge is 0.469 e. The van der Waals surface area contributed by atoms with E-state index in [0.717, 1.165) is 81.5 Å². The number of nitrogens with one attached hydrogen (secondary N) is 1. The summed E-state index contributed by atoms with van der Waals surface area (Å²) in [5, 5.41) is 30.0. The van der Waals surface area contributed by atoms with Crippen molar-refractivity contribution >= 4 is 17.7 Å². The number of hydrogen-bond acceptors (Lipinski definition) is 12. The number of aryl methyl sites for hydroxylation is 1. The quantitative estimate of drug-likeness (QED) is 0.140. The first kappa shape index (κ1) is 48.2. The van der Waals surface area contributed by atoms with Crippen LogP contribution in [-0.4, -0.2) is 94.3 Å². The van der Waals surface area contributed by atoms with Crippen molar-refractivity contribution in [2.24, 2.45) is 87.3 Å². The molecule has 0 radical (unpaired) electrons. The Labute approximate surface area is 442 Å². The second-order valence-corrected chi connectivity index (χ2v) is 27.6. The van der Waals surface area contributed by atoms with Crippen molar-refractivity contribution in [1.82, 2.24) is 10.2 Å². The van der Waals surface area contributed by atoms with Crippen molar-refractivity contribution < 1.29 is 48.0 Å². The Morgan fingerprint density at radius 3 is 2.63 bits per heavy atom. The number of ketones is 1. The Morgan fingerprint density at radius 1 is 0.933 bits per heavy atom. The molecule has 13 aliphatic rings. The highest BCUT2D eigenvalue weighted by Crippen LogP contribution is 2.85. The van der Waals surface area contributed by atoms with Gasteiger partial charge in [0.2, 0.25) is 0 Å². The molecule has 0 unspecified atom stereocenters. The summed E-state index contributed by atoms with van der Waals surface area (Å²) in [6.45, 7) is 10.6. The van der Waals surface area contributed by atoms with Crippen molar-refractivity contribution in [3.8, 4) is 11.8 Å². The van der Waals surface area contributed by atoms with E-state index in [9.17, 15) is 15.0 Å². The Kier molecular flexibility index (Phi) is 10.6. The van der Waals surface area contributed by atoms with Gasteiger partial charge < -0.3 is 38.5 Å². The van der Waals surface area contributed by atoms with Gasteiger partial charge in [-0.1, -0.05) is 69.0 Å². The lowest BCUT2D eigenvalue weighted by atomic mass is 9.30. The molecule has 75 heavy (non-hydrogen) atoms. The molecule has 0 amide bonds. The number of rotatable bonds is 7. The van der Waals surface area contributed by atoms with E-state index in [0.29, 0.717) is 80.6 Å². The van der Waals surface area contributed by atoms with Gasteiger partial charge in [0.1, 0.15) is 24.1 Å². The number of Topliss-reactive ketones (excluding diaryl/α,β-unsaturated/α-hetero) is 1. The van der Waals surface area contributed by atoms with E-state index in [1.165, 1.54) is 5.56 Å². The lowest BCUT2D eigenvalue weighted by molar-refractivity contribution is -0.301. The van der Waals surface area contributed by atoms with Crippen molar-refractivity contribution in [3.63, 3.8) is 0 Å². The Hall–Kier alpha value is -3.99. The maximum Gasteiger partial charge on any atom is 0.339 e. The van der Waals surface area contributed by atoms with Crippen LogP contribution in [0.2, 0.25) is 0 Å². The molecule has 400 valence electrons. The summed E-state index contributed by atoms with van der Waals surface area (Å²) < 4.78 is 35.4. The summed E-state index contributed by atoms with van der Waals surface area (Å²) in [5.74, 6) is 7.91. The van der Waals surface area contributed by atoms with Crippen molar-refractivity contribution in [2.45, 2.75) is 178 Å². The number of hydrogen-bond donors (Lipinski definition) is 3. The van der Waals surface area contributed by atoms with E-state index in [4.69, 9.17) is 23.4 Å². The number of carbonyl (C=O) groups excluding carboxylic acids is 3. The number of aliphatic hydroxyl groups excluding tert-OH is 2. The number of furan rings is 1. The first-order valence-corrected chi connectivity index (χ1v) is 29.6. The standard InChI is InChI=1S/C63H78N2O10/c1-34(2)18-21-58(3)54-53(68)55(69)61-45-25-36(24-35-8-6-5-7-9-35)10-11-37(45)12-15-41-16-13-40-31-71-48(28-44-42-26-39-20-23-65-33-64-30-46(65)43(39)27-38(42)14-17-47(44)66)52(40)62(41)59(4,63(61)56(74-63)57(70)75-62)22-19-49(61)60(54)32-72-51(67)29-50(60)73-58/h5-9,20,23,31,34,36-39,41-47,49-50,54-56,64,66,69H,10-11,13-14,16-19,21-22,24-30,32-33H2,1-4H3/t36-,37+,38+,39-,41-,42+,43-,44-,45+,46+,47-,49-,50+,54-,55-,56-,58+,59+,60+,61+,62+,63-/m1/s1. The third-order valence-corrected chi connectivity index (χ3v) is 24.3. The van der Waals surface area contributed by atoms with Crippen LogP contribution in [0.3, 0.4) is 0 Å². The zero-order valence-electron chi connectivity index (χ0n) is 44.5. The molecule has 4 bridgehead atoms. The number of ether oxygens (including phenoxy) is 4. The van der Waals surface area contributed by atoms with Gasteiger partial charge in [-0.25, -0.2) is 4.79 Å². The van der Waals surface area contributed by atoms with Gasteiger partial charge in [0.15, 0.2) is 17.5 Å². The number of benzene rings is 1. The number of nitrogens with zero attached hydrogens (tertiary/aromatic N) is 1. The zero-order chi connectivity index (χ0) is 51.2. The molecular formula is C63H78N2O10. The predicted octanol–water partition coefficient (Wildman–Crippen LogP) is 7.84. The molecule has 10 fully saturated rings. The van der Waals surface area contributed by atoms with Crippen LogP contribution in [0.4, 0.5) is 0 Å². The molecule has 7 heterocycles. The van der Waals surface area contributed by atoms with Crippen LogP contribution in [0.5, 0.6) is 0 Å². The Balaban J connectivity index is 0.901. The summed E-state index contributed by atoms with van der Waals surface area (Å²) >= 11 is 0. The molecule has 1 aromatic heterocycles. The number of epoxide rings is 1. The average Bonchev–Trinajstić information content (AvgIpc) is 3.63. The minimum absolute atomic E-state index is 0.0184. The Morgan fingerprint density at radius 2 is 1.79 bits per heavy atom. The lowest BCUT2D eigenvalue weighted by Crippen LogP contribution is -2.81. The van der Waals surface area contributed by atoms with Crippen LogP contribution >= 0.6 is 0 Å². The molecule has 12 heteroatoms. The van der Waals surface area contributed by atoms with Crippen LogP contribution in [0, 0.1) is 99.1 Å². The highest BCUT2D eigenvalue weighted by molar-refractivity contribution is 5.92. The summed E-state index contributed by atoms with van der Waals surface area (Å²) in [5.41, 5.74) is -3.77. The molecule has 5 saturated heterocycles. The number of cyclic esters (lactones) is 1. The van der Waals surface area contributed by atoms with Crippen molar-refractivity contribution in [1.29, 1.82) is 0 Å². The van der Waals surface area contributed by atoms with E-state index in [1.807, 2.05) is 13.2 Å². The molecule has 4 spiro atoms. The van der Waals surface area contributed by atoms with Crippen LogP contribution < -0.4 is 5.32 Å². The third kappa shape index (κ3) is 6.12. The van der Waals surface area contributed by atoms with E-state index in [-0.39, 0.29) is 48.5 Å². The van der Waals surface area contributed by atoms with Crippen LogP contribution in [-0.2, 0) is 58.2 Å². The Bertz CT molecular complexity index is 2800. The van der Waals surface area contributed by atoms with Crippen LogP contribution in [0.1, 0.15) is 134 Å². The predicted molar refractivity (Wildman–Crippen MR) is 275 cm³/mol. The fourth-order valence-corrected chi connectivity index (χ4v) is 21.5. The topological polar surface area (TPSA) is 160 Å². The van der Waals surface area contributed by atoms with Gasteiger partial charge in [0, 0.05) is 46.7 Å². The van der Waals surface area contributed by atoms with E-state index >= 15 is 9.59 Å². The molecule has 1 aromatic carbocycles. The van der Waals surface area contributed by atoms with E-state index in [1.54, 1.807) is 0 Å². The first-order chi connectivity index (χ1) is 36.2. The summed E-state index contributed by atoms with van der Waals surface area (Å²) in [4.78, 5) is 48.3. The molecule has 12 nitrogen and oxygen atoms in total. The van der Waals surface area contributed by atoms with Gasteiger partial charge in [0.05, 0.1) is 49.0 Å². The SMILES string of the molecule is CC(C)CC[C@]1(C)O[C@H]2CC(=O)OC[C@]23[C@H]2CC[C@]4(C)[C@]56O[C@@H]5C(=O)O[C@@]45c4c(coc4C[C@@H]4[C@H]7C[C@H]8C=CN9CNC[C@H]9[C@@H]8C[C@@H]7CC[C@H]4O)CC[C@H]5C#C[C@@H]4CC[C@H](Cc5ccccc5)C[C@@H]4[C@@]26[C@H](O)C(=O)[C@@H]31. The van der Waals surface area contributed by atoms with Crippen molar-refractivity contribution in [3.05, 3.63) is 71.3 Å². The molecule has 2 aromatic rings.